The Morgan fingerprint density at radius 1 is 1.14 bits per heavy atom. The van der Waals surface area contributed by atoms with Crippen LogP contribution in [-0.4, -0.2) is 50.1 Å². The highest BCUT2D eigenvalue weighted by Gasteiger charge is 2.24. The summed E-state index contributed by atoms with van der Waals surface area (Å²) in [5.41, 5.74) is 8.47. The van der Waals surface area contributed by atoms with Gasteiger partial charge in [0.15, 0.2) is 0 Å². The van der Waals surface area contributed by atoms with Crippen LogP contribution in [0.5, 0.6) is 0 Å². The molecular weight excluding hydrogens is 288 g/mol. The molecule has 0 unspecified atom stereocenters. The Kier molecular flexibility index (Phi) is 3.46. The van der Waals surface area contributed by atoms with Gasteiger partial charge in [0.05, 0.1) is 17.5 Å². The van der Waals surface area contributed by atoms with Crippen molar-refractivity contribution < 1.29 is 8.42 Å². The second-order valence-corrected chi connectivity index (χ2v) is 7.21. The van der Waals surface area contributed by atoms with E-state index in [2.05, 4.69) is 9.88 Å². The molecule has 1 aromatic carbocycles. The van der Waals surface area contributed by atoms with Gasteiger partial charge < -0.3 is 10.6 Å². The van der Waals surface area contributed by atoms with Crippen LogP contribution in [0.4, 0.5) is 11.4 Å². The first-order valence-corrected chi connectivity index (χ1v) is 8.65. The Bertz CT molecular complexity index is 768. The number of benzene rings is 1. The topological polar surface area (TPSA) is 79.5 Å². The summed E-state index contributed by atoms with van der Waals surface area (Å²) < 4.78 is 24.6. The van der Waals surface area contributed by atoms with E-state index in [1.807, 2.05) is 24.3 Å². The molecule has 0 bridgehead atoms. The molecule has 0 radical (unpaired) electrons. The highest BCUT2D eigenvalue weighted by atomic mass is 32.2. The highest BCUT2D eigenvalue weighted by molar-refractivity contribution is 7.88. The fourth-order valence-electron chi connectivity index (χ4n) is 2.72. The lowest BCUT2D eigenvalue weighted by molar-refractivity contribution is 0.388. The van der Waals surface area contributed by atoms with E-state index in [-0.39, 0.29) is 0 Å². The van der Waals surface area contributed by atoms with E-state index >= 15 is 0 Å². The number of nitrogens with zero attached hydrogens (tertiary/aromatic N) is 3. The van der Waals surface area contributed by atoms with Crippen LogP contribution in [-0.2, 0) is 10.0 Å². The summed E-state index contributed by atoms with van der Waals surface area (Å²) in [5.74, 6) is 0. The van der Waals surface area contributed by atoms with E-state index in [9.17, 15) is 8.42 Å². The van der Waals surface area contributed by atoms with Gasteiger partial charge in [-0.05, 0) is 24.3 Å². The molecule has 2 aromatic rings. The monoisotopic (exact) mass is 306 g/mol. The molecule has 7 heteroatoms. The number of pyridine rings is 1. The maximum absolute atomic E-state index is 11.6. The average Bonchev–Trinajstić information content (AvgIpc) is 2.47. The first-order valence-electron chi connectivity index (χ1n) is 6.80. The Balaban J connectivity index is 1.91. The number of anilines is 2. The molecule has 6 nitrogen and oxygen atoms in total. The highest BCUT2D eigenvalue weighted by Crippen LogP contribution is 2.30. The Labute approximate surface area is 124 Å². The van der Waals surface area contributed by atoms with Crippen molar-refractivity contribution in [2.75, 3.05) is 43.1 Å². The van der Waals surface area contributed by atoms with Gasteiger partial charge in [0, 0.05) is 43.4 Å². The van der Waals surface area contributed by atoms with E-state index in [0.717, 1.165) is 16.6 Å². The van der Waals surface area contributed by atoms with Crippen molar-refractivity contribution in [3.05, 3.63) is 30.5 Å². The lowest BCUT2D eigenvalue weighted by Crippen LogP contribution is -2.48. The largest absolute Gasteiger partial charge is 0.397 e. The standard InChI is InChI=1S/C14H18N4O2S/c1-21(19,20)18-9-7-17(8-10-18)13-5-4-12(15)14-11(13)3-2-6-16-14/h2-6H,7-10,15H2,1H3. The number of hydrogen-bond donors (Lipinski definition) is 1. The van der Waals surface area contributed by atoms with Crippen molar-refractivity contribution >= 4 is 32.3 Å². The van der Waals surface area contributed by atoms with Crippen LogP contribution >= 0.6 is 0 Å². The molecule has 3 rings (SSSR count). The van der Waals surface area contributed by atoms with Gasteiger partial charge in [-0.1, -0.05) is 0 Å². The van der Waals surface area contributed by atoms with Gasteiger partial charge in [0.25, 0.3) is 0 Å². The molecular formula is C14H18N4O2S. The molecule has 1 saturated heterocycles. The quantitative estimate of drug-likeness (QED) is 0.834. The summed E-state index contributed by atoms with van der Waals surface area (Å²) in [5, 5.41) is 1.00. The van der Waals surface area contributed by atoms with Gasteiger partial charge in [-0.3, -0.25) is 4.98 Å². The van der Waals surface area contributed by atoms with E-state index < -0.39 is 10.0 Å². The zero-order chi connectivity index (χ0) is 15.0. The van der Waals surface area contributed by atoms with Crippen molar-refractivity contribution in [1.82, 2.24) is 9.29 Å². The molecule has 2 heterocycles. The van der Waals surface area contributed by atoms with E-state index in [1.165, 1.54) is 10.6 Å². The number of aromatic nitrogens is 1. The number of nitrogen functional groups attached to an aromatic ring is 1. The predicted molar refractivity (Wildman–Crippen MR) is 84.8 cm³/mol. The smallest absolute Gasteiger partial charge is 0.211 e. The van der Waals surface area contributed by atoms with Gasteiger partial charge >= 0.3 is 0 Å². The zero-order valence-electron chi connectivity index (χ0n) is 11.9. The molecule has 112 valence electrons. The second kappa shape index (κ2) is 5.16. The van der Waals surface area contributed by atoms with Gasteiger partial charge in [0.2, 0.25) is 10.0 Å². The number of rotatable bonds is 2. The van der Waals surface area contributed by atoms with E-state index in [1.54, 1.807) is 6.20 Å². The lowest BCUT2D eigenvalue weighted by Gasteiger charge is -2.35. The SMILES string of the molecule is CS(=O)(=O)N1CCN(c2ccc(N)c3ncccc23)CC1. The Hall–Kier alpha value is -1.86. The van der Waals surface area contributed by atoms with Crippen molar-refractivity contribution in [1.29, 1.82) is 0 Å². The van der Waals surface area contributed by atoms with Crippen LogP contribution in [0.3, 0.4) is 0 Å². The maximum Gasteiger partial charge on any atom is 0.211 e. The summed E-state index contributed by atoms with van der Waals surface area (Å²) in [7, 11) is -3.11. The normalized spacial score (nSPS) is 17.3. The fraction of sp³-hybridized carbons (Fsp3) is 0.357. The Morgan fingerprint density at radius 2 is 1.86 bits per heavy atom. The van der Waals surface area contributed by atoms with Crippen molar-refractivity contribution in [2.45, 2.75) is 0 Å². The second-order valence-electron chi connectivity index (χ2n) is 5.22. The van der Waals surface area contributed by atoms with Gasteiger partial charge in [-0.2, -0.15) is 4.31 Å². The van der Waals surface area contributed by atoms with E-state index in [4.69, 9.17) is 5.73 Å². The minimum absolute atomic E-state index is 0.505. The molecule has 2 N–H and O–H groups in total. The summed E-state index contributed by atoms with van der Waals surface area (Å²) in [6.45, 7) is 2.35. The maximum atomic E-state index is 11.6. The predicted octanol–water partition coefficient (Wildman–Crippen LogP) is 0.899. The first-order chi connectivity index (χ1) is 9.97. The van der Waals surface area contributed by atoms with Crippen molar-refractivity contribution in [3.8, 4) is 0 Å². The van der Waals surface area contributed by atoms with Gasteiger partial charge in [0.1, 0.15) is 0 Å². The molecule has 1 fully saturated rings. The molecule has 1 aliphatic rings. The van der Waals surface area contributed by atoms with Gasteiger partial charge in [-0.25, -0.2) is 8.42 Å². The van der Waals surface area contributed by atoms with Crippen molar-refractivity contribution in [3.63, 3.8) is 0 Å². The van der Waals surface area contributed by atoms with Crippen LogP contribution in [0.25, 0.3) is 10.9 Å². The molecule has 0 spiro atoms. The third-order valence-corrected chi connectivity index (χ3v) is 5.13. The minimum atomic E-state index is -3.11. The van der Waals surface area contributed by atoms with E-state index in [0.29, 0.717) is 31.9 Å². The number of fused-ring (bicyclic) bond motifs is 1. The van der Waals surface area contributed by atoms with Crippen LogP contribution in [0.2, 0.25) is 0 Å². The van der Waals surface area contributed by atoms with Crippen molar-refractivity contribution in [2.24, 2.45) is 0 Å². The number of piperazine rings is 1. The Morgan fingerprint density at radius 3 is 2.52 bits per heavy atom. The molecule has 0 aliphatic carbocycles. The lowest BCUT2D eigenvalue weighted by atomic mass is 10.1. The van der Waals surface area contributed by atoms with Crippen LogP contribution in [0.15, 0.2) is 30.5 Å². The summed E-state index contributed by atoms with van der Waals surface area (Å²) in [4.78, 5) is 6.52. The fourth-order valence-corrected chi connectivity index (χ4v) is 3.54. The molecule has 1 aromatic heterocycles. The van der Waals surface area contributed by atoms with Crippen LogP contribution in [0, 0.1) is 0 Å². The molecule has 1 aliphatic heterocycles. The number of hydrogen-bond acceptors (Lipinski definition) is 5. The van der Waals surface area contributed by atoms with Gasteiger partial charge in [-0.15, -0.1) is 0 Å². The number of nitrogens with two attached hydrogens (primary N) is 1. The molecule has 21 heavy (non-hydrogen) atoms. The summed E-state index contributed by atoms with van der Waals surface area (Å²) in [6, 6.07) is 7.72. The minimum Gasteiger partial charge on any atom is -0.397 e. The third kappa shape index (κ3) is 2.66. The summed E-state index contributed by atoms with van der Waals surface area (Å²) in [6.07, 6.45) is 2.98. The average molecular weight is 306 g/mol. The molecule has 0 saturated carbocycles. The molecule has 0 atom stereocenters. The third-order valence-electron chi connectivity index (χ3n) is 3.83. The van der Waals surface area contributed by atoms with Crippen LogP contribution in [0.1, 0.15) is 0 Å². The summed E-state index contributed by atoms with van der Waals surface area (Å²) >= 11 is 0. The molecule has 0 amide bonds. The number of sulfonamides is 1. The first kappa shape index (κ1) is 14.1. The zero-order valence-corrected chi connectivity index (χ0v) is 12.7. The van der Waals surface area contributed by atoms with Crippen LogP contribution < -0.4 is 10.6 Å².